The zero-order valence-corrected chi connectivity index (χ0v) is 16.3. The van der Waals surface area contributed by atoms with Gasteiger partial charge in [-0.1, -0.05) is 48.5 Å². The predicted molar refractivity (Wildman–Crippen MR) is 108 cm³/mol. The van der Waals surface area contributed by atoms with Crippen LogP contribution in [0.3, 0.4) is 0 Å². The molecule has 0 saturated carbocycles. The van der Waals surface area contributed by atoms with Gasteiger partial charge in [0.05, 0.1) is 12.5 Å². The summed E-state index contributed by atoms with van der Waals surface area (Å²) in [5, 5.41) is 0. The zero-order valence-electron chi connectivity index (χ0n) is 15.5. The third-order valence-electron chi connectivity index (χ3n) is 3.96. The second-order valence-electron chi connectivity index (χ2n) is 6.34. The second kappa shape index (κ2) is 9.97. The third kappa shape index (κ3) is 6.19. The average Bonchev–Trinajstić information content (AvgIpc) is 2.65. The normalized spacial score (nSPS) is 12.5. The monoisotopic (exact) mass is 367 g/mol. The Balaban J connectivity index is 2.16. The summed E-state index contributed by atoms with van der Waals surface area (Å²) < 4.78 is 0. The number of carbonyl (C=O) groups is 2. The van der Waals surface area contributed by atoms with Gasteiger partial charge in [0, 0.05) is 16.8 Å². The second-order valence-corrected chi connectivity index (χ2v) is 7.39. The number of nitrogens with zero attached hydrogens (tertiary/aromatic N) is 1. The lowest BCUT2D eigenvalue weighted by atomic mass is 10.1. The molecule has 0 spiro atoms. The van der Waals surface area contributed by atoms with Gasteiger partial charge in [0.15, 0.2) is 0 Å². The molecule has 0 aliphatic heterocycles. The molecule has 2 rings (SSSR count). The van der Waals surface area contributed by atoms with E-state index in [1.165, 1.54) is 11.8 Å². The number of amides is 1. The van der Waals surface area contributed by atoms with Gasteiger partial charge in [0.25, 0.3) is 0 Å². The number of Topliss-reactive ketones (excluding diaryl/α,β-unsaturated/α-hetero) is 1. The van der Waals surface area contributed by atoms with Crippen molar-refractivity contribution in [2.75, 3.05) is 5.75 Å². The van der Waals surface area contributed by atoms with E-state index in [0.717, 1.165) is 16.9 Å². The van der Waals surface area contributed by atoms with E-state index in [2.05, 4.69) is 12.1 Å². The molecule has 0 bridgehead atoms. The van der Waals surface area contributed by atoms with Gasteiger partial charge in [-0.15, -0.1) is 11.8 Å². The van der Waals surface area contributed by atoms with Crippen molar-refractivity contribution in [1.29, 1.82) is 0 Å². The SMILES string of the molecule is CC(=O)CC(=O)N(/C=C(\C)CSc1ccccc1)C(C)c1ccccc1. The van der Waals surface area contributed by atoms with Crippen molar-refractivity contribution in [3.8, 4) is 0 Å². The van der Waals surface area contributed by atoms with Crippen molar-refractivity contribution in [3.63, 3.8) is 0 Å². The van der Waals surface area contributed by atoms with E-state index < -0.39 is 0 Å². The van der Waals surface area contributed by atoms with Crippen LogP contribution in [0.4, 0.5) is 0 Å². The molecule has 136 valence electrons. The Morgan fingerprint density at radius 3 is 2.15 bits per heavy atom. The van der Waals surface area contributed by atoms with Crippen LogP contribution in [0, 0.1) is 0 Å². The number of thioether (sulfide) groups is 1. The van der Waals surface area contributed by atoms with Gasteiger partial charge in [0.1, 0.15) is 5.78 Å². The van der Waals surface area contributed by atoms with E-state index in [1.54, 1.807) is 16.7 Å². The molecule has 0 aliphatic rings. The summed E-state index contributed by atoms with van der Waals surface area (Å²) in [7, 11) is 0. The molecule has 2 aromatic carbocycles. The molecule has 0 aliphatic carbocycles. The fraction of sp³-hybridized carbons (Fsp3) is 0.273. The van der Waals surface area contributed by atoms with Gasteiger partial charge in [-0.05, 0) is 44.0 Å². The van der Waals surface area contributed by atoms with Crippen LogP contribution in [0.25, 0.3) is 0 Å². The number of rotatable bonds is 8. The predicted octanol–water partition coefficient (Wildman–Crippen LogP) is 5.25. The minimum Gasteiger partial charge on any atom is -0.312 e. The highest BCUT2D eigenvalue weighted by Gasteiger charge is 2.21. The van der Waals surface area contributed by atoms with E-state index in [1.807, 2.05) is 68.6 Å². The summed E-state index contributed by atoms with van der Waals surface area (Å²) in [6.45, 7) is 5.45. The summed E-state index contributed by atoms with van der Waals surface area (Å²) in [5.41, 5.74) is 2.13. The molecule has 0 saturated heterocycles. The van der Waals surface area contributed by atoms with E-state index in [-0.39, 0.29) is 24.2 Å². The molecule has 0 N–H and O–H groups in total. The lowest BCUT2D eigenvalue weighted by Crippen LogP contribution is -2.30. The average molecular weight is 368 g/mol. The maximum Gasteiger partial charge on any atom is 0.234 e. The standard InChI is InChI=1S/C22H25NO2S/c1-17(16-26-21-12-8-5-9-13-21)15-23(22(25)14-18(2)24)19(3)20-10-6-4-7-11-20/h4-13,15,19H,14,16H2,1-3H3/b17-15+. The first-order valence-corrected chi connectivity index (χ1v) is 9.66. The Kier molecular flexibility index (Phi) is 7.67. The molecule has 0 fully saturated rings. The van der Waals surface area contributed by atoms with E-state index >= 15 is 0 Å². The van der Waals surface area contributed by atoms with E-state index in [4.69, 9.17) is 0 Å². The molecule has 1 amide bonds. The molecule has 1 unspecified atom stereocenters. The summed E-state index contributed by atoms with van der Waals surface area (Å²) in [4.78, 5) is 27.0. The van der Waals surface area contributed by atoms with E-state index in [0.29, 0.717) is 0 Å². The Hall–Kier alpha value is -2.33. The number of hydrogen-bond donors (Lipinski definition) is 0. The molecule has 26 heavy (non-hydrogen) atoms. The summed E-state index contributed by atoms with van der Waals surface area (Å²) in [6.07, 6.45) is 1.81. The molecular formula is C22H25NO2S. The van der Waals surface area contributed by atoms with Gasteiger partial charge in [0.2, 0.25) is 5.91 Å². The van der Waals surface area contributed by atoms with Gasteiger partial charge in [-0.25, -0.2) is 0 Å². The van der Waals surface area contributed by atoms with Crippen LogP contribution >= 0.6 is 11.8 Å². The van der Waals surface area contributed by atoms with Crippen LogP contribution in [0.1, 0.15) is 38.8 Å². The number of benzene rings is 2. The highest BCUT2D eigenvalue weighted by atomic mass is 32.2. The number of ketones is 1. The molecule has 3 nitrogen and oxygen atoms in total. The summed E-state index contributed by atoms with van der Waals surface area (Å²) in [6, 6.07) is 19.9. The fourth-order valence-electron chi connectivity index (χ4n) is 2.58. The zero-order chi connectivity index (χ0) is 18.9. The highest BCUT2D eigenvalue weighted by Crippen LogP contribution is 2.24. The first-order chi connectivity index (χ1) is 12.5. The molecule has 0 aromatic heterocycles. The van der Waals surface area contributed by atoms with Crippen molar-refractivity contribution in [1.82, 2.24) is 4.90 Å². The fourth-order valence-corrected chi connectivity index (χ4v) is 3.40. The molecule has 0 radical (unpaired) electrons. The third-order valence-corrected chi connectivity index (χ3v) is 5.16. The van der Waals surface area contributed by atoms with Crippen molar-refractivity contribution in [2.45, 2.75) is 38.1 Å². The smallest absolute Gasteiger partial charge is 0.234 e. The van der Waals surface area contributed by atoms with Crippen LogP contribution in [0.2, 0.25) is 0 Å². The van der Waals surface area contributed by atoms with Crippen molar-refractivity contribution in [2.24, 2.45) is 0 Å². The van der Waals surface area contributed by atoms with Crippen LogP contribution < -0.4 is 0 Å². The lowest BCUT2D eigenvalue weighted by molar-refractivity contribution is -0.134. The molecule has 2 aromatic rings. The Morgan fingerprint density at radius 2 is 1.58 bits per heavy atom. The first-order valence-electron chi connectivity index (χ1n) is 8.68. The van der Waals surface area contributed by atoms with Gasteiger partial charge < -0.3 is 4.90 Å². The van der Waals surface area contributed by atoms with Crippen molar-refractivity contribution >= 4 is 23.5 Å². The lowest BCUT2D eigenvalue weighted by Gasteiger charge is -2.27. The molecular weight excluding hydrogens is 342 g/mol. The summed E-state index contributed by atoms with van der Waals surface area (Å²) in [5.74, 6) is 0.498. The van der Waals surface area contributed by atoms with Crippen LogP contribution in [-0.2, 0) is 9.59 Å². The minimum absolute atomic E-state index is 0.0766. The van der Waals surface area contributed by atoms with Crippen molar-refractivity contribution < 1.29 is 9.59 Å². The van der Waals surface area contributed by atoms with Crippen LogP contribution in [0.5, 0.6) is 0 Å². The topological polar surface area (TPSA) is 37.4 Å². The molecule has 0 heterocycles. The number of carbonyl (C=O) groups excluding carboxylic acids is 2. The van der Waals surface area contributed by atoms with E-state index in [9.17, 15) is 9.59 Å². The maximum absolute atomic E-state index is 12.6. The highest BCUT2D eigenvalue weighted by molar-refractivity contribution is 7.99. The van der Waals surface area contributed by atoms with Crippen molar-refractivity contribution in [3.05, 3.63) is 78.0 Å². The van der Waals surface area contributed by atoms with Gasteiger partial charge in [-0.2, -0.15) is 0 Å². The molecule has 1 atom stereocenters. The Morgan fingerprint density at radius 1 is 1.00 bits per heavy atom. The van der Waals surface area contributed by atoms with Crippen LogP contribution in [0.15, 0.2) is 77.3 Å². The van der Waals surface area contributed by atoms with Gasteiger partial charge in [-0.3, -0.25) is 9.59 Å². The first kappa shape index (κ1) is 20.0. The maximum atomic E-state index is 12.6. The minimum atomic E-state index is -0.169. The van der Waals surface area contributed by atoms with Crippen LogP contribution in [-0.4, -0.2) is 22.3 Å². The Labute approximate surface area is 160 Å². The largest absolute Gasteiger partial charge is 0.312 e. The summed E-state index contributed by atoms with van der Waals surface area (Å²) >= 11 is 1.73. The number of hydrogen-bond acceptors (Lipinski definition) is 3. The Bertz CT molecular complexity index is 756. The quantitative estimate of drug-likeness (QED) is 0.472. The molecule has 4 heteroatoms. The van der Waals surface area contributed by atoms with Gasteiger partial charge >= 0.3 is 0 Å².